The maximum absolute atomic E-state index is 5.27. The van der Waals surface area contributed by atoms with Gasteiger partial charge in [0.1, 0.15) is 0 Å². The number of hydrogen-bond donors (Lipinski definition) is 2. The van der Waals surface area contributed by atoms with Crippen molar-refractivity contribution in [3.8, 4) is 0 Å². The lowest BCUT2D eigenvalue weighted by Crippen LogP contribution is -2.48. The summed E-state index contributed by atoms with van der Waals surface area (Å²) in [4.78, 5) is 9.35. The van der Waals surface area contributed by atoms with E-state index in [2.05, 4.69) is 32.5 Å². The highest BCUT2D eigenvalue weighted by atomic mass is 127. The number of nitrogens with zero attached hydrogens (tertiary/aromatic N) is 3. The molecule has 0 aromatic heterocycles. The molecule has 1 aliphatic carbocycles. The number of guanidine groups is 1. The molecule has 0 aromatic rings. The van der Waals surface area contributed by atoms with Gasteiger partial charge in [0.25, 0.3) is 0 Å². The van der Waals surface area contributed by atoms with Crippen LogP contribution >= 0.6 is 24.0 Å². The highest BCUT2D eigenvalue weighted by molar-refractivity contribution is 14.0. The number of likely N-dealkylation sites (N-methyl/N-ethyl adjacent to an activating group) is 1. The van der Waals surface area contributed by atoms with E-state index in [-0.39, 0.29) is 24.0 Å². The molecular weight excluding hydrogens is 429 g/mol. The van der Waals surface area contributed by atoms with Gasteiger partial charge in [-0.1, -0.05) is 6.42 Å². The van der Waals surface area contributed by atoms with Gasteiger partial charge in [0.15, 0.2) is 5.96 Å². The third kappa shape index (κ3) is 7.97. The minimum atomic E-state index is 0. The largest absolute Gasteiger partial charge is 0.385 e. The van der Waals surface area contributed by atoms with Gasteiger partial charge in [0.05, 0.1) is 0 Å². The molecule has 0 unspecified atom stereocenters. The maximum Gasteiger partial charge on any atom is 0.191 e. The predicted octanol–water partition coefficient (Wildman–Crippen LogP) is 1.61. The normalized spacial score (nSPS) is 21.8. The molecule has 1 aliphatic heterocycles. The molecule has 0 atom stereocenters. The van der Waals surface area contributed by atoms with Crippen molar-refractivity contribution < 1.29 is 4.74 Å². The minimum Gasteiger partial charge on any atom is -0.385 e. The Hall–Kier alpha value is -0.120. The van der Waals surface area contributed by atoms with Crippen LogP contribution in [0.3, 0.4) is 0 Å². The number of aliphatic imine (C=N–C) groups is 1. The lowest BCUT2D eigenvalue weighted by atomic mass is 9.67. The molecule has 2 rings (SSSR count). The van der Waals surface area contributed by atoms with Crippen molar-refractivity contribution in [3.63, 3.8) is 0 Å². The Balaban J connectivity index is 0.00000312. The molecule has 1 saturated heterocycles. The van der Waals surface area contributed by atoms with Crippen LogP contribution in [-0.2, 0) is 4.74 Å². The van der Waals surface area contributed by atoms with E-state index < -0.39 is 0 Å². The number of methoxy groups -OCH3 is 1. The Morgan fingerprint density at radius 3 is 2.56 bits per heavy atom. The Morgan fingerprint density at radius 1 is 1.12 bits per heavy atom. The van der Waals surface area contributed by atoms with Gasteiger partial charge in [-0.15, -0.1) is 24.0 Å². The first-order chi connectivity index (χ1) is 11.7. The average molecular weight is 467 g/mol. The second-order valence-electron chi connectivity index (χ2n) is 7.45. The van der Waals surface area contributed by atoms with Crippen molar-refractivity contribution in [2.75, 3.05) is 73.6 Å². The van der Waals surface area contributed by atoms with Crippen LogP contribution in [0.4, 0.5) is 0 Å². The third-order valence-electron chi connectivity index (χ3n) is 5.64. The Bertz CT molecular complexity index is 390. The van der Waals surface area contributed by atoms with Gasteiger partial charge >= 0.3 is 0 Å². The van der Waals surface area contributed by atoms with Crippen molar-refractivity contribution in [3.05, 3.63) is 0 Å². The second kappa shape index (κ2) is 12.3. The van der Waals surface area contributed by atoms with Crippen LogP contribution in [0.2, 0.25) is 0 Å². The van der Waals surface area contributed by atoms with Crippen LogP contribution in [0.15, 0.2) is 4.99 Å². The summed E-state index contributed by atoms with van der Waals surface area (Å²) in [5, 5.41) is 7.01. The number of halogens is 1. The third-order valence-corrected chi connectivity index (χ3v) is 5.64. The van der Waals surface area contributed by atoms with Crippen LogP contribution in [0.5, 0.6) is 0 Å². The number of ether oxygens (including phenoxy) is 1. The molecule has 1 saturated carbocycles. The summed E-state index contributed by atoms with van der Waals surface area (Å²) in [6.07, 6.45) is 6.38. The quantitative estimate of drug-likeness (QED) is 0.323. The first kappa shape index (κ1) is 22.9. The molecule has 1 heterocycles. The van der Waals surface area contributed by atoms with Crippen molar-refractivity contribution >= 4 is 29.9 Å². The van der Waals surface area contributed by atoms with Crippen LogP contribution in [0.25, 0.3) is 0 Å². The Kier molecular flexibility index (Phi) is 11.3. The molecule has 2 fully saturated rings. The molecule has 0 amide bonds. The molecule has 2 aliphatic rings. The molecule has 0 aromatic carbocycles. The zero-order valence-electron chi connectivity index (χ0n) is 16.4. The lowest BCUT2D eigenvalue weighted by molar-refractivity contribution is 0.0732. The highest BCUT2D eigenvalue weighted by Gasteiger charge is 2.36. The van der Waals surface area contributed by atoms with Gasteiger partial charge < -0.3 is 25.2 Å². The van der Waals surface area contributed by atoms with Gasteiger partial charge in [0, 0.05) is 53.5 Å². The summed E-state index contributed by atoms with van der Waals surface area (Å²) < 4.78 is 5.27. The summed E-state index contributed by atoms with van der Waals surface area (Å²) in [6.45, 7) is 8.67. The minimum absolute atomic E-state index is 0. The zero-order chi connectivity index (χ0) is 17.3. The van der Waals surface area contributed by atoms with Crippen LogP contribution in [0.1, 0.15) is 32.1 Å². The lowest BCUT2D eigenvalue weighted by Gasteiger charge is -2.42. The van der Waals surface area contributed by atoms with E-state index in [9.17, 15) is 0 Å². The van der Waals surface area contributed by atoms with Crippen LogP contribution in [0, 0.1) is 5.41 Å². The SMILES string of the molecule is CN=C(NCCN1CCCN(C)CC1)NCC1(CCOC)CCC1.I. The van der Waals surface area contributed by atoms with Gasteiger partial charge in [-0.3, -0.25) is 4.99 Å². The molecule has 25 heavy (non-hydrogen) atoms. The molecule has 7 heteroatoms. The summed E-state index contributed by atoms with van der Waals surface area (Å²) in [5.74, 6) is 0.936. The Labute approximate surface area is 171 Å². The topological polar surface area (TPSA) is 52.1 Å². The van der Waals surface area contributed by atoms with Gasteiger partial charge in [0.2, 0.25) is 0 Å². The van der Waals surface area contributed by atoms with E-state index in [4.69, 9.17) is 4.74 Å². The first-order valence-electron chi connectivity index (χ1n) is 9.52. The smallest absolute Gasteiger partial charge is 0.191 e. The van der Waals surface area contributed by atoms with E-state index in [0.717, 1.165) is 38.6 Å². The molecule has 0 radical (unpaired) electrons. The maximum atomic E-state index is 5.27. The van der Waals surface area contributed by atoms with E-state index in [1.807, 2.05) is 7.05 Å². The summed E-state index contributed by atoms with van der Waals surface area (Å²) >= 11 is 0. The zero-order valence-corrected chi connectivity index (χ0v) is 18.7. The number of hydrogen-bond acceptors (Lipinski definition) is 4. The fraction of sp³-hybridized carbons (Fsp3) is 0.944. The fourth-order valence-electron chi connectivity index (χ4n) is 3.66. The van der Waals surface area contributed by atoms with Crippen molar-refractivity contribution in [2.45, 2.75) is 32.1 Å². The highest BCUT2D eigenvalue weighted by Crippen LogP contribution is 2.43. The predicted molar refractivity (Wildman–Crippen MR) is 116 cm³/mol. The van der Waals surface area contributed by atoms with E-state index in [0.29, 0.717) is 5.41 Å². The van der Waals surface area contributed by atoms with Gasteiger partial charge in [-0.05, 0) is 51.2 Å². The monoisotopic (exact) mass is 467 g/mol. The van der Waals surface area contributed by atoms with Gasteiger partial charge in [-0.2, -0.15) is 0 Å². The first-order valence-corrected chi connectivity index (χ1v) is 9.52. The second-order valence-corrected chi connectivity index (χ2v) is 7.45. The van der Waals surface area contributed by atoms with Crippen molar-refractivity contribution in [1.82, 2.24) is 20.4 Å². The average Bonchev–Trinajstić information content (AvgIpc) is 2.76. The Morgan fingerprint density at radius 2 is 1.92 bits per heavy atom. The summed E-state index contributed by atoms with van der Waals surface area (Å²) in [7, 11) is 5.87. The molecule has 0 spiro atoms. The number of nitrogens with one attached hydrogen (secondary N) is 2. The molecule has 6 nitrogen and oxygen atoms in total. The summed E-state index contributed by atoms with van der Waals surface area (Å²) in [5.41, 5.74) is 0.420. The van der Waals surface area contributed by atoms with Crippen LogP contribution < -0.4 is 10.6 Å². The molecular formula is C18H38IN5O. The van der Waals surface area contributed by atoms with E-state index in [1.54, 1.807) is 7.11 Å². The standard InChI is InChI=1S/C18H37N5O.HI/c1-19-17(21-16-18(6-4-7-18)8-15-24-3)20-9-12-23-11-5-10-22(2)13-14-23;/h4-16H2,1-3H3,(H2,19,20,21);1H. The van der Waals surface area contributed by atoms with Crippen molar-refractivity contribution in [2.24, 2.45) is 10.4 Å². The van der Waals surface area contributed by atoms with Crippen molar-refractivity contribution in [1.29, 1.82) is 0 Å². The van der Waals surface area contributed by atoms with Gasteiger partial charge in [-0.25, -0.2) is 0 Å². The molecule has 148 valence electrons. The van der Waals surface area contributed by atoms with Crippen LogP contribution in [-0.4, -0.2) is 89.4 Å². The van der Waals surface area contributed by atoms with E-state index >= 15 is 0 Å². The molecule has 0 bridgehead atoms. The number of rotatable bonds is 8. The molecule has 2 N–H and O–H groups in total. The van der Waals surface area contributed by atoms with E-state index in [1.165, 1.54) is 51.9 Å². The fourth-order valence-corrected chi connectivity index (χ4v) is 3.66. The summed E-state index contributed by atoms with van der Waals surface area (Å²) in [6, 6.07) is 0.